The van der Waals surface area contributed by atoms with E-state index >= 15 is 0 Å². The van der Waals surface area contributed by atoms with Gasteiger partial charge in [-0.3, -0.25) is 9.20 Å². The summed E-state index contributed by atoms with van der Waals surface area (Å²) in [6.45, 7) is 6.30. The van der Waals surface area contributed by atoms with Crippen molar-refractivity contribution in [3.63, 3.8) is 0 Å². The molecule has 5 nitrogen and oxygen atoms in total. The predicted octanol–water partition coefficient (Wildman–Crippen LogP) is 3.31. The van der Waals surface area contributed by atoms with Gasteiger partial charge in [-0.1, -0.05) is 36.8 Å². The van der Waals surface area contributed by atoms with E-state index in [0.717, 1.165) is 49.6 Å². The minimum atomic E-state index is 0.0377. The van der Waals surface area contributed by atoms with Crippen LogP contribution in [0.15, 0.2) is 41.5 Å². The smallest absolute Gasteiger partial charge is 0.277 e. The van der Waals surface area contributed by atoms with Gasteiger partial charge in [-0.15, -0.1) is 0 Å². The molecule has 0 aliphatic carbocycles. The summed E-state index contributed by atoms with van der Waals surface area (Å²) in [6.07, 6.45) is 6.57. The molecule has 1 fully saturated rings. The lowest BCUT2D eigenvalue weighted by atomic mass is 9.99. The summed E-state index contributed by atoms with van der Waals surface area (Å²) >= 11 is 0. The summed E-state index contributed by atoms with van der Waals surface area (Å²) in [5.74, 6) is 1.36. The molecule has 0 spiro atoms. The summed E-state index contributed by atoms with van der Waals surface area (Å²) in [4.78, 5) is 17.8. The number of nitrogens with zero attached hydrogens (tertiary/aromatic N) is 3. The molecule has 0 unspecified atom stereocenters. The van der Waals surface area contributed by atoms with Gasteiger partial charge >= 0.3 is 0 Å². The Balaban J connectivity index is 1.78. The van der Waals surface area contributed by atoms with Gasteiger partial charge in [0.25, 0.3) is 5.56 Å². The van der Waals surface area contributed by atoms with Crippen LogP contribution in [0.3, 0.4) is 0 Å². The molecule has 136 valence electrons. The topological polar surface area (TPSA) is 48.5 Å². The Morgan fingerprint density at radius 2 is 1.92 bits per heavy atom. The van der Waals surface area contributed by atoms with Crippen LogP contribution < -0.4 is 5.56 Å². The first kappa shape index (κ1) is 17.0. The number of rotatable bonds is 4. The molecule has 1 aliphatic heterocycles. The van der Waals surface area contributed by atoms with Crippen LogP contribution in [0.2, 0.25) is 0 Å². The number of aromatic nitrogens is 3. The van der Waals surface area contributed by atoms with Crippen molar-refractivity contribution in [3.8, 4) is 0 Å². The molecular formula is C21H25N3O2. The van der Waals surface area contributed by atoms with Crippen LogP contribution in [0, 0.1) is 6.92 Å². The lowest BCUT2D eigenvalue weighted by Crippen LogP contribution is -2.26. The highest BCUT2D eigenvalue weighted by atomic mass is 16.5. The van der Waals surface area contributed by atoms with Crippen LogP contribution in [-0.2, 0) is 17.7 Å². The Morgan fingerprint density at radius 1 is 1.19 bits per heavy atom. The monoisotopic (exact) mass is 351 g/mol. The van der Waals surface area contributed by atoms with Gasteiger partial charge in [0, 0.05) is 31.0 Å². The lowest BCUT2D eigenvalue weighted by molar-refractivity contribution is 0.0835. The first-order valence-electron chi connectivity index (χ1n) is 9.40. The second-order valence-electron chi connectivity index (χ2n) is 7.11. The van der Waals surface area contributed by atoms with Crippen LogP contribution in [0.25, 0.3) is 5.52 Å². The molecule has 0 radical (unpaired) electrons. The SMILES string of the molecule is CCc1cn2c(C3CCOCC3)ncc2c(=O)n1Cc1ccc(C)cc1. The fourth-order valence-electron chi connectivity index (χ4n) is 3.75. The van der Waals surface area contributed by atoms with Crippen molar-refractivity contribution in [2.75, 3.05) is 13.2 Å². The Labute approximate surface area is 153 Å². The molecule has 0 atom stereocenters. The summed E-state index contributed by atoms with van der Waals surface area (Å²) < 4.78 is 9.37. The standard InChI is InChI=1S/C21H25N3O2/c1-3-18-14-24-19(12-22-20(24)17-8-10-26-11-9-17)21(25)23(18)13-16-6-4-15(2)5-7-16/h4-7,12,14,17H,3,8-11,13H2,1-2H3. The lowest BCUT2D eigenvalue weighted by Gasteiger charge is -2.21. The van der Waals surface area contributed by atoms with Gasteiger partial charge in [-0.2, -0.15) is 0 Å². The van der Waals surface area contributed by atoms with E-state index in [-0.39, 0.29) is 5.56 Å². The highest BCUT2D eigenvalue weighted by Gasteiger charge is 2.22. The number of ether oxygens (including phenoxy) is 1. The number of benzene rings is 1. The number of imidazole rings is 1. The first-order valence-corrected chi connectivity index (χ1v) is 9.40. The van der Waals surface area contributed by atoms with Crippen molar-refractivity contribution in [2.24, 2.45) is 0 Å². The van der Waals surface area contributed by atoms with Crippen LogP contribution in [0.4, 0.5) is 0 Å². The molecule has 5 heteroatoms. The van der Waals surface area contributed by atoms with Crippen molar-refractivity contribution in [1.29, 1.82) is 0 Å². The van der Waals surface area contributed by atoms with Crippen molar-refractivity contribution in [3.05, 3.63) is 69.7 Å². The molecular weight excluding hydrogens is 326 g/mol. The van der Waals surface area contributed by atoms with Gasteiger partial charge in [-0.25, -0.2) is 4.98 Å². The van der Waals surface area contributed by atoms with Crippen LogP contribution in [-0.4, -0.2) is 27.2 Å². The minimum absolute atomic E-state index is 0.0377. The number of fused-ring (bicyclic) bond motifs is 1. The molecule has 3 aromatic rings. The molecule has 1 aliphatic rings. The zero-order valence-electron chi connectivity index (χ0n) is 15.4. The van der Waals surface area contributed by atoms with Crippen LogP contribution >= 0.6 is 0 Å². The molecule has 3 heterocycles. The Morgan fingerprint density at radius 3 is 2.62 bits per heavy atom. The zero-order valence-corrected chi connectivity index (χ0v) is 15.4. The van der Waals surface area contributed by atoms with E-state index in [2.05, 4.69) is 49.3 Å². The van der Waals surface area contributed by atoms with Crippen molar-refractivity contribution in [2.45, 2.75) is 45.6 Å². The van der Waals surface area contributed by atoms with E-state index < -0.39 is 0 Å². The maximum Gasteiger partial charge on any atom is 0.277 e. The molecule has 26 heavy (non-hydrogen) atoms. The third-order valence-corrected chi connectivity index (χ3v) is 5.32. The third-order valence-electron chi connectivity index (χ3n) is 5.32. The van der Waals surface area contributed by atoms with E-state index in [1.807, 2.05) is 8.97 Å². The fourth-order valence-corrected chi connectivity index (χ4v) is 3.75. The fraction of sp³-hybridized carbons (Fsp3) is 0.429. The van der Waals surface area contributed by atoms with Gasteiger partial charge in [0.05, 0.1) is 12.7 Å². The van der Waals surface area contributed by atoms with Crippen molar-refractivity contribution < 1.29 is 4.74 Å². The number of hydrogen-bond acceptors (Lipinski definition) is 3. The van der Waals surface area contributed by atoms with Crippen molar-refractivity contribution >= 4 is 5.52 Å². The normalized spacial score (nSPS) is 15.6. The molecule has 0 amide bonds. The first-order chi connectivity index (χ1) is 12.7. The van der Waals surface area contributed by atoms with E-state index in [9.17, 15) is 4.79 Å². The summed E-state index contributed by atoms with van der Waals surface area (Å²) in [7, 11) is 0. The predicted molar refractivity (Wildman–Crippen MR) is 102 cm³/mol. The second kappa shape index (κ2) is 7.08. The van der Waals surface area contributed by atoms with E-state index in [1.54, 1.807) is 6.20 Å². The Kier molecular flexibility index (Phi) is 4.64. The van der Waals surface area contributed by atoms with E-state index in [1.165, 1.54) is 5.56 Å². The average Bonchev–Trinajstić information content (AvgIpc) is 3.10. The largest absolute Gasteiger partial charge is 0.381 e. The molecule has 4 rings (SSSR count). The van der Waals surface area contributed by atoms with Crippen molar-refractivity contribution in [1.82, 2.24) is 14.0 Å². The Hall–Kier alpha value is -2.40. The molecule has 2 aromatic heterocycles. The number of aryl methyl sites for hydroxylation is 2. The number of hydrogen-bond donors (Lipinski definition) is 0. The quantitative estimate of drug-likeness (QED) is 0.724. The maximum absolute atomic E-state index is 13.2. The molecule has 0 bridgehead atoms. The summed E-state index contributed by atoms with van der Waals surface area (Å²) in [5, 5.41) is 0. The van der Waals surface area contributed by atoms with Crippen LogP contribution in [0.5, 0.6) is 0 Å². The molecule has 1 saturated heterocycles. The Bertz CT molecular complexity index is 963. The highest BCUT2D eigenvalue weighted by Crippen LogP contribution is 2.26. The molecule has 1 aromatic carbocycles. The molecule has 0 N–H and O–H groups in total. The van der Waals surface area contributed by atoms with E-state index in [4.69, 9.17) is 4.74 Å². The summed E-state index contributed by atoms with van der Waals surface area (Å²) in [5.41, 5.74) is 4.10. The highest BCUT2D eigenvalue weighted by molar-refractivity contribution is 5.45. The second-order valence-corrected chi connectivity index (χ2v) is 7.11. The van der Waals surface area contributed by atoms with Gasteiger partial charge in [-0.05, 0) is 31.7 Å². The zero-order chi connectivity index (χ0) is 18.1. The van der Waals surface area contributed by atoms with Gasteiger partial charge in [0.15, 0.2) is 0 Å². The summed E-state index contributed by atoms with van der Waals surface area (Å²) in [6, 6.07) is 8.36. The van der Waals surface area contributed by atoms with Gasteiger partial charge < -0.3 is 9.30 Å². The van der Waals surface area contributed by atoms with Gasteiger partial charge in [0.2, 0.25) is 0 Å². The average molecular weight is 351 g/mol. The maximum atomic E-state index is 13.2. The van der Waals surface area contributed by atoms with Crippen LogP contribution in [0.1, 0.15) is 48.3 Å². The van der Waals surface area contributed by atoms with E-state index in [0.29, 0.717) is 18.0 Å². The van der Waals surface area contributed by atoms with Gasteiger partial charge in [0.1, 0.15) is 11.3 Å². The molecule has 0 saturated carbocycles. The third kappa shape index (κ3) is 3.07. The minimum Gasteiger partial charge on any atom is -0.381 e.